The molecule has 0 saturated heterocycles. The van der Waals surface area contributed by atoms with Crippen LogP contribution in [0.3, 0.4) is 0 Å². The van der Waals surface area contributed by atoms with Crippen LogP contribution < -0.4 is 5.32 Å². The highest BCUT2D eigenvalue weighted by molar-refractivity contribution is 5.98. The van der Waals surface area contributed by atoms with E-state index < -0.39 is 0 Å². The number of amides is 1. The van der Waals surface area contributed by atoms with Crippen molar-refractivity contribution in [2.45, 2.75) is 52.6 Å². The molecule has 0 aliphatic carbocycles. The van der Waals surface area contributed by atoms with E-state index in [9.17, 15) is 4.79 Å². The minimum absolute atomic E-state index is 0.0619. The number of fused-ring (bicyclic) bond motifs is 1. The first-order chi connectivity index (χ1) is 19.6. The molecule has 0 aliphatic heterocycles. The number of nitrogens with zero attached hydrogens (tertiary/aromatic N) is 2. The van der Waals surface area contributed by atoms with Crippen LogP contribution in [0.25, 0.3) is 22.0 Å². The second-order valence-corrected chi connectivity index (χ2v) is 11.2. The summed E-state index contributed by atoms with van der Waals surface area (Å²) in [6.07, 6.45) is 0.250. The zero-order valence-electron chi connectivity index (χ0n) is 24.1. The van der Waals surface area contributed by atoms with Crippen LogP contribution in [0, 0.1) is 6.92 Å². The smallest absolute Gasteiger partial charge is 0.346 e. The van der Waals surface area contributed by atoms with Gasteiger partial charge >= 0.3 is 6.15 Å². The van der Waals surface area contributed by atoms with Gasteiger partial charge in [-0.25, -0.2) is 0 Å². The molecule has 208 valence electrons. The number of carbonyl (C=O) groups is 1. The lowest BCUT2D eigenvalue weighted by Crippen LogP contribution is -2.27. The van der Waals surface area contributed by atoms with Crippen LogP contribution in [0.5, 0.6) is 0 Å². The molecule has 0 radical (unpaired) electrons. The number of hydrogen-bond donors (Lipinski definition) is 1. The average Bonchev–Trinajstić information content (AvgIpc) is 3.28. The van der Waals surface area contributed by atoms with E-state index in [1.165, 1.54) is 22.3 Å². The Bertz CT molecular complexity index is 1670. The zero-order valence-corrected chi connectivity index (χ0v) is 24.1. The van der Waals surface area contributed by atoms with Crippen molar-refractivity contribution in [2.75, 3.05) is 0 Å². The van der Waals surface area contributed by atoms with E-state index in [1.54, 1.807) is 0 Å². The molecule has 1 N–H and O–H groups in total. The maximum absolute atomic E-state index is 13.2. The van der Waals surface area contributed by atoms with Crippen LogP contribution in [0.2, 0.25) is 0 Å². The van der Waals surface area contributed by atoms with Crippen molar-refractivity contribution < 1.29 is 14.4 Å². The number of hydrogen-bond acceptors (Lipinski definition) is 4. The first kappa shape index (κ1) is 29.2. The van der Waals surface area contributed by atoms with Gasteiger partial charge in [0.15, 0.2) is 0 Å². The molecule has 5 rings (SSSR count). The first-order valence-electron chi connectivity index (χ1n) is 13.6. The van der Waals surface area contributed by atoms with Gasteiger partial charge in [-0.05, 0) is 65.3 Å². The highest BCUT2D eigenvalue weighted by atomic mass is 16.2. The van der Waals surface area contributed by atoms with Crippen molar-refractivity contribution in [1.29, 1.82) is 0 Å². The van der Waals surface area contributed by atoms with Gasteiger partial charge in [0.1, 0.15) is 0 Å². The van der Waals surface area contributed by atoms with Crippen LogP contribution in [-0.2, 0) is 21.5 Å². The lowest BCUT2D eigenvalue weighted by molar-refractivity contribution is -0.191. The van der Waals surface area contributed by atoms with Gasteiger partial charge in [-0.1, -0.05) is 99.6 Å². The molecule has 1 atom stereocenters. The van der Waals surface area contributed by atoms with Gasteiger partial charge in [0, 0.05) is 10.9 Å². The summed E-state index contributed by atoms with van der Waals surface area (Å²) < 4.78 is 2.02. The molecular weight excluding hydrogens is 510 g/mol. The van der Waals surface area contributed by atoms with Crippen molar-refractivity contribution in [1.82, 2.24) is 15.1 Å². The fourth-order valence-corrected chi connectivity index (χ4v) is 4.85. The lowest BCUT2D eigenvalue weighted by atomic mass is 9.85. The second kappa shape index (κ2) is 12.6. The summed E-state index contributed by atoms with van der Waals surface area (Å²) in [5, 5.41) is 8.97. The lowest BCUT2D eigenvalue weighted by Gasteiger charge is -2.22. The highest BCUT2D eigenvalue weighted by Crippen LogP contribution is 2.26. The molecule has 1 heterocycles. The SMILES string of the molecule is Cc1nn(Cc2ccc(-c3ccccc3)cc2)c2ccc(C(=O)N[C@@H](C)c3cccc(C(C)(C)C)c3)cc12.O=C=O. The Morgan fingerprint density at radius 1 is 0.878 bits per heavy atom. The van der Waals surface area contributed by atoms with E-state index in [0.717, 1.165) is 22.2 Å². The number of carbonyl (C=O) groups excluding carboxylic acids is 3. The van der Waals surface area contributed by atoms with E-state index in [2.05, 4.69) is 98.9 Å². The van der Waals surface area contributed by atoms with Crippen LogP contribution in [-0.4, -0.2) is 21.8 Å². The van der Waals surface area contributed by atoms with Gasteiger partial charge in [0.25, 0.3) is 5.91 Å². The number of aromatic nitrogens is 2. The van der Waals surface area contributed by atoms with Crippen LogP contribution in [0.1, 0.15) is 66.5 Å². The molecule has 0 aliphatic rings. The quantitative estimate of drug-likeness (QED) is 0.243. The maximum atomic E-state index is 13.2. The molecule has 0 spiro atoms. The zero-order chi connectivity index (χ0) is 29.6. The van der Waals surface area contributed by atoms with Crippen LogP contribution in [0.4, 0.5) is 0 Å². The molecule has 5 aromatic rings. The Balaban J connectivity index is 0.00000124. The van der Waals surface area contributed by atoms with Gasteiger partial charge in [-0.15, -0.1) is 0 Å². The third-order valence-corrected chi connectivity index (χ3v) is 7.19. The molecule has 0 saturated carbocycles. The van der Waals surface area contributed by atoms with E-state index in [0.29, 0.717) is 12.1 Å². The van der Waals surface area contributed by atoms with Crippen molar-refractivity contribution in [3.05, 3.63) is 125 Å². The molecular formula is C35H35N3O3. The van der Waals surface area contributed by atoms with Gasteiger partial charge in [0.05, 0.1) is 23.8 Å². The molecule has 6 heteroatoms. The molecule has 0 fully saturated rings. The van der Waals surface area contributed by atoms with E-state index in [4.69, 9.17) is 14.7 Å². The van der Waals surface area contributed by atoms with Crippen molar-refractivity contribution in [2.24, 2.45) is 0 Å². The normalized spacial score (nSPS) is 11.7. The molecule has 1 aromatic heterocycles. The van der Waals surface area contributed by atoms with Crippen LogP contribution >= 0.6 is 0 Å². The maximum Gasteiger partial charge on any atom is 0.373 e. The van der Waals surface area contributed by atoms with E-state index >= 15 is 0 Å². The van der Waals surface area contributed by atoms with E-state index in [-0.39, 0.29) is 23.5 Å². The molecule has 4 aromatic carbocycles. The standard InChI is InChI=1S/C34H35N3O.CO2/c1-23(28-12-9-13-30(20-28)34(3,4)5)35-33(38)29-18-19-32-31(21-29)24(2)36-37(32)22-25-14-16-27(17-15-25)26-10-7-6-8-11-26;2-1-3/h6-21,23H,22H2,1-5H3,(H,35,38);/t23-;/m0./s1. The van der Waals surface area contributed by atoms with Crippen molar-refractivity contribution in [3.8, 4) is 11.1 Å². The van der Waals surface area contributed by atoms with E-state index in [1.807, 2.05) is 42.8 Å². The number of aryl methyl sites for hydroxylation is 1. The predicted molar refractivity (Wildman–Crippen MR) is 161 cm³/mol. The third-order valence-electron chi connectivity index (χ3n) is 7.19. The predicted octanol–water partition coefficient (Wildman–Crippen LogP) is 7.27. The fourth-order valence-electron chi connectivity index (χ4n) is 4.85. The van der Waals surface area contributed by atoms with Gasteiger partial charge in [-0.3, -0.25) is 9.48 Å². The van der Waals surface area contributed by atoms with Gasteiger partial charge in [0.2, 0.25) is 0 Å². The minimum Gasteiger partial charge on any atom is -0.346 e. The third kappa shape index (κ3) is 7.05. The molecule has 1 amide bonds. The Morgan fingerprint density at radius 2 is 1.54 bits per heavy atom. The van der Waals surface area contributed by atoms with Gasteiger partial charge < -0.3 is 5.32 Å². The fraction of sp³-hybridized carbons (Fsp3) is 0.229. The van der Waals surface area contributed by atoms with Gasteiger partial charge in [-0.2, -0.15) is 14.7 Å². The summed E-state index contributed by atoms with van der Waals surface area (Å²) in [6, 6.07) is 33.3. The topological polar surface area (TPSA) is 81.1 Å². The Hall–Kier alpha value is -4.80. The summed E-state index contributed by atoms with van der Waals surface area (Å²) in [5.41, 5.74) is 8.61. The second-order valence-electron chi connectivity index (χ2n) is 11.2. The highest BCUT2D eigenvalue weighted by Gasteiger charge is 2.18. The number of nitrogens with one attached hydrogen (secondary N) is 1. The summed E-state index contributed by atoms with van der Waals surface area (Å²) in [4.78, 5) is 29.4. The minimum atomic E-state index is -0.0943. The molecule has 41 heavy (non-hydrogen) atoms. The Labute approximate surface area is 241 Å². The summed E-state index contributed by atoms with van der Waals surface area (Å²) >= 11 is 0. The molecule has 0 unspecified atom stereocenters. The van der Waals surface area contributed by atoms with Crippen LogP contribution in [0.15, 0.2) is 97.1 Å². The van der Waals surface area contributed by atoms with Crippen molar-refractivity contribution in [3.63, 3.8) is 0 Å². The number of benzene rings is 4. The largest absolute Gasteiger partial charge is 0.373 e. The number of rotatable bonds is 6. The summed E-state index contributed by atoms with van der Waals surface area (Å²) in [7, 11) is 0. The molecule has 6 nitrogen and oxygen atoms in total. The monoisotopic (exact) mass is 545 g/mol. The molecule has 0 bridgehead atoms. The Kier molecular flexibility index (Phi) is 8.96. The Morgan fingerprint density at radius 3 is 2.20 bits per heavy atom. The average molecular weight is 546 g/mol. The summed E-state index contributed by atoms with van der Waals surface area (Å²) in [5.74, 6) is -0.0794. The summed E-state index contributed by atoms with van der Waals surface area (Å²) in [6.45, 7) is 11.3. The first-order valence-corrected chi connectivity index (χ1v) is 13.6. The van der Waals surface area contributed by atoms with Crippen molar-refractivity contribution >= 4 is 23.0 Å².